The highest BCUT2D eigenvalue weighted by atomic mass is 79.9. The molecule has 17 heavy (non-hydrogen) atoms. The van der Waals surface area contributed by atoms with Gasteiger partial charge in [0, 0.05) is 25.2 Å². The van der Waals surface area contributed by atoms with Crippen LogP contribution in [0, 0.1) is 15.9 Å². The van der Waals surface area contributed by atoms with Gasteiger partial charge in [0.2, 0.25) is 0 Å². The van der Waals surface area contributed by atoms with Crippen LogP contribution in [0.5, 0.6) is 0 Å². The van der Waals surface area contributed by atoms with Crippen LogP contribution in [0.1, 0.15) is 5.56 Å². The van der Waals surface area contributed by atoms with Gasteiger partial charge in [0.05, 0.1) is 9.40 Å². The van der Waals surface area contributed by atoms with Gasteiger partial charge in [-0.3, -0.25) is 14.9 Å². The van der Waals surface area contributed by atoms with Crippen LogP contribution in [0.3, 0.4) is 0 Å². The second-order valence-corrected chi connectivity index (χ2v) is 4.15. The van der Waals surface area contributed by atoms with E-state index in [4.69, 9.17) is 0 Å². The minimum atomic E-state index is -0.653. The molecule has 0 saturated carbocycles. The zero-order valence-electron chi connectivity index (χ0n) is 8.91. The standard InChI is InChI=1S/C10H9BrFNO4/c1-17-5-7(14)2-6-3-9(12)8(11)4-10(6)13(15)16/h3-4H,2,5H2,1H3. The second kappa shape index (κ2) is 5.83. The van der Waals surface area contributed by atoms with E-state index >= 15 is 0 Å². The van der Waals surface area contributed by atoms with Crippen molar-refractivity contribution in [2.45, 2.75) is 6.42 Å². The molecule has 0 atom stereocenters. The molecule has 0 spiro atoms. The van der Waals surface area contributed by atoms with Gasteiger partial charge in [-0.25, -0.2) is 4.39 Å². The van der Waals surface area contributed by atoms with E-state index in [0.29, 0.717) is 0 Å². The molecular formula is C10H9BrFNO4. The lowest BCUT2D eigenvalue weighted by molar-refractivity contribution is -0.385. The first-order chi connectivity index (χ1) is 7.95. The van der Waals surface area contributed by atoms with Crippen molar-refractivity contribution in [1.82, 2.24) is 0 Å². The van der Waals surface area contributed by atoms with Gasteiger partial charge in [-0.2, -0.15) is 0 Å². The molecule has 0 fully saturated rings. The summed E-state index contributed by atoms with van der Waals surface area (Å²) in [6, 6.07) is 2.03. The lowest BCUT2D eigenvalue weighted by Gasteiger charge is -2.04. The highest BCUT2D eigenvalue weighted by Gasteiger charge is 2.19. The Balaban J connectivity index is 3.08. The molecule has 0 aliphatic heterocycles. The molecule has 0 heterocycles. The summed E-state index contributed by atoms with van der Waals surface area (Å²) in [6.45, 7) is -0.158. The van der Waals surface area contributed by atoms with Gasteiger partial charge in [-0.15, -0.1) is 0 Å². The number of hydrogen-bond acceptors (Lipinski definition) is 4. The molecule has 1 rings (SSSR count). The van der Waals surface area contributed by atoms with Crippen LogP contribution < -0.4 is 0 Å². The summed E-state index contributed by atoms with van der Waals surface area (Å²) in [5, 5.41) is 10.7. The molecule has 0 amide bonds. The van der Waals surface area contributed by atoms with Gasteiger partial charge in [0.1, 0.15) is 12.4 Å². The van der Waals surface area contributed by atoms with E-state index in [2.05, 4.69) is 20.7 Å². The van der Waals surface area contributed by atoms with Crippen molar-refractivity contribution >= 4 is 27.4 Å². The van der Waals surface area contributed by atoms with Crippen LogP contribution in [-0.4, -0.2) is 24.4 Å². The average molecular weight is 306 g/mol. The fourth-order valence-corrected chi connectivity index (χ4v) is 1.64. The summed E-state index contributed by atoms with van der Waals surface area (Å²) in [5.74, 6) is -0.992. The summed E-state index contributed by atoms with van der Waals surface area (Å²) >= 11 is 2.86. The topological polar surface area (TPSA) is 69.4 Å². The van der Waals surface area contributed by atoms with Crippen LogP contribution in [0.2, 0.25) is 0 Å². The molecule has 0 radical (unpaired) electrons. The molecule has 1 aromatic carbocycles. The molecular weight excluding hydrogens is 297 g/mol. The van der Waals surface area contributed by atoms with Crippen molar-refractivity contribution in [3.05, 3.63) is 38.1 Å². The van der Waals surface area contributed by atoms with Gasteiger partial charge < -0.3 is 4.74 Å². The summed E-state index contributed by atoms with van der Waals surface area (Å²) in [7, 11) is 1.34. The molecule has 0 aromatic heterocycles. The van der Waals surface area contributed by atoms with E-state index in [1.54, 1.807) is 0 Å². The number of ketones is 1. The highest BCUT2D eigenvalue weighted by Crippen LogP contribution is 2.27. The van der Waals surface area contributed by atoms with Crippen LogP contribution in [0.15, 0.2) is 16.6 Å². The van der Waals surface area contributed by atoms with Crippen LogP contribution in [-0.2, 0) is 16.0 Å². The van der Waals surface area contributed by atoms with E-state index in [1.807, 2.05) is 0 Å². The predicted octanol–water partition coefficient (Wildman–Crippen LogP) is 2.25. The number of carbonyl (C=O) groups is 1. The largest absolute Gasteiger partial charge is 0.377 e. The third-order valence-electron chi connectivity index (χ3n) is 2.01. The Morgan fingerprint density at radius 3 is 2.76 bits per heavy atom. The number of carbonyl (C=O) groups excluding carboxylic acids is 1. The summed E-state index contributed by atoms with van der Waals surface area (Å²) < 4.78 is 17.8. The average Bonchev–Trinajstić information content (AvgIpc) is 2.23. The number of benzene rings is 1. The Labute approximate surface area is 105 Å². The first-order valence-corrected chi connectivity index (χ1v) is 5.38. The van der Waals surface area contributed by atoms with Crippen LogP contribution >= 0.6 is 15.9 Å². The molecule has 7 heteroatoms. The van der Waals surface area contributed by atoms with Crippen molar-refractivity contribution in [1.29, 1.82) is 0 Å². The maximum absolute atomic E-state index is 13.2. The first kappa shape index (κ1) is 13.7. The molecule has 0 aliphatic carbocycles. The number of rotatable bonds is 5. The Bertz CT molecular complexity index is 464. The van der Waals surface area contributed by atoms with Gasteiger partial charge in [-0.05, 0) is 22.0 Å². The van der Waals surface area contributed by atoms with E-state index in [9.17, 15) is 19.3 Å². The highest BCUT2D eigenvalue weighted by molar-refractivity contribution is 9.10. The lowest BCUT2D eigenvalue weighted by Crippen LogP contribution is -2.11. The van der Waals surface area contributed by atoms with E-state index < -0.39 is 10.7 Å². The SMILES string of the molecule is COCC(=O)Cc1cc(F)c(Br)cc1[N+](=O)[O-]. The molecule has 0 bridgehead atoms. The number of nitro groups is 1. The van der Waals surface area contributed by atoms with Gasteiger partial charge in [-0.1, -0.05) is 0 Å². The maximum Gasteiger partial charge on any atom is 0.274 e. The monoisotopic (exact) mass is 305 g/mol. The molecule has 0 saturated heterocycles. The quantitative estimate of drug-likeness (QED) is 0.618. The van der Waals surface area contributed by atoms with Crippen LogP contribution in [0.4, 0.5) is 10.1 Å². The van der Waals surface area contributed by atoms with E-state index in [-0.39, 0.29) is 34.5 Å². The third kappa shape index (κ3) is 3.57. The fourth-order valence-electron chi connectivity index (χ4n) is 1.31. The molecule has 5 nitrogen and oxygen atoms in total. The number of methoxy groups -OCH3 is 1. The number of nitro benzene ring substituents is 1. The Hall–Kier alpha value is -1.34. The minimum absolute atomic E-state index is 0.00728. The summed E-state index contributed by atoms with van der Waals surface area (Å²) in [6.07, 6.45) is -0.228. The molecule has 0 aliphatic rings. The molecule has 0 unspecified atom stereocenters. The normalized spacial score (nSPS) is 10.3. The molecule has 0 N–H and O–H groups in total. The minimum Gasteiger partial charge on any atom is -0.377 e. The maximum atomic E-state index is 13.2. The van der Waals surface area contributed by atoms with Crippen molar-refractivity contribution in [3.8, 4) is 0 Å². The number of Topliss-reactive ketones (excluding diaryl/α,β-unsaturated/α-hetero) is 1. The van der Waals surface area contributed by atoms with E-state index in [0.717, 1.165) is 12.1 Å². The Morgan fingerprint density at radius 1 is 1.59 bits per heavy atom. The van der Waals surface area contributed by atoms with Gasteiger partial charge in [0.25, 0.3) is 5.69 Å². The van der Waals surface area contributed by atoms with E-state index in [1.165, 1.54) is 7.11 Å². The zero-order valence-corrected chi connectivity index (χ0v) is 10.5. The van der Waals surface area contributed by atoms with Gasteiger partial charge >= 0.3 is 0 Å². The van der Waals surface area contributed by atoms with Crippen molar-refractivity contribution in [2.75, 3.05) is 13.7 Å². The zero-order chi connectivity index (χ0) is 13.0. The predicted molar refractivity (Wildman–Crippen MR) is 61.3 cm³/mol. The fraction of sp³-hybridized carbons (Fsp3) is 0.300. The number of halogens is 2. The lowest BCUT2D eigenvalue weighted by atomic mass is 10.1. The number of ether oxygens (including phenoxy) is 1. The van der Waals surface area contributed by atoms with Gasteiger partial charge in [0.15, 0.2) is 5.78 Å². The summed E-state index contributed by atoms with van der Waals surface area (Å²) in [5.41, 5.74) is -0.250. The molecule has 1 aromatic rings. The Morgan fingerprint density at radius 2 is 2.24 bits per heavy atom. The van der Waals surface area contributed by atoms with Crippen molar-refractivity contribution in [2.24, 2.45) is 0 Å². The van der Waals surface area contributed by atoms with Crippen molar-refractivity contribution in [3.63, 3.8) is 0 Å². The smallest absolute Gasteiger partial charge is 0.274 e. The van der Waals surface area contributed by atoms with Crippen LogP contribution in [0.25, 0.3) is 0 Å². The second-order valence-electron chi connectivity index (χ2n) is 3.30. The van der Waals surface area contributed by atoms with Crippen molar-refractivity contribution < 1.29 is 18.8 Å². The first-order valence-electron chi connectivity index (χ1n) is 4.58. The third-order valence-corrected chi connectivity index (χ3v) is 2.62. The Kier molecular flexibility index (Phi) is 4.71. The molecule has 92 valence electrons. The number of nitrogens with zero attached hydrogens (tertiary/aromatic N) is 1. The number of hydrogen-bond donors (Lipinski definition) is 0. The summed E-state index contributed by atoms with van der Waals surface area (Å²) in [4.78, 5) is 21.4.